The molecule has 1 N–H and O–H groups in total. The Labute approximate surface area is 114 Å². The molecular formula is C15H11FN2O2. The molecule has 0 aliphatic rings. The minimum Gasteiger partial charge on any atom is -0.443 e. The molecule has 20 heavy (non-hydrogen) atoms. The van der Waals surface area contributed by atoms with Crippen LogP contribution in [0.4, 0.5) is 4.39 Å². The van der Waals surface area contributed by atoms with E-state index in [0.717, 1.165) is 5.56 Å². The summed E-state index contributed by atoms with van der Waals surface area (Å²) in [5, 5.41) is 2.77. The van der Waals surface area contributed by atoms with Crippen LogP contribution in [0.3, 0.4) is 0 Å². The van der Waals surface area contributed by atoms with Crippen LogP contribution >= 0.6 is 0 Å². The number of aromatic nitrogens is 1. The summed E-state index contributed by atoms with van der Waals surface area (Å²) in [5.41, 5.74) is 2.61. The van der Waals surface area contributed by atoms with Crippen molar-refractivity contribution in [1.29, 1.82) is 0 Å². The summed E-state index contributed by atoms with van der Waals surface area (Å²) in [6.45, 7) is 0.341. The van der Waals surface area contributed by atoms with Crippen LogP contribution in [0.1, 0.15) is 15.9 Å². The Hall–Kier alpha value is -2.69. The lowest BCUT2D eigenvalue weighted by molar-refractivity contribution is 0.0951. The second-order valence-corrected chi connectivity index (χ2v) is 4.34. The van der Waals surface area contributed by atoms with Gasteiger partial charge >= 0.3 is 0 Å². The molecule has 5 heteroatoms. The average molecular weight is 270 g/mol. The second kappa shape index (κ2) is 5.13. The second-order valence-electron chi connectivity index (χ2n) is 4.34. The summed E-state index contributed by atoms with van der Waals surface area (Å²) in [4.78, 5) is 16.0. The molecule has 0 unspecified atom stereocenters. The third kappa shape index (κ3) is 2.51. The van der Waals surface area contributed by atoms with E-state index in [9.17, 15) is 9.18 Å². The standard InChI is InChI=1S/C15H11FN2O2/c16-12-4-1-10(2-5-12)8-17-15(19)11-3-6-13-14(7-11)20-9-18-13/h1-7,9H,8H2,(H,17,19). The highest BCUT2D eigenvalue weighted by molar-refractivity contribution is 5.96. The molecule has 3 rings (SSSR count). The lowest BCUT2D eigenvalue weighted by atomic mass is 10.2. The molecule has 1 aromatic heterocycles. The molecule has 0 aliphatic heterocycles. The minimum atomic E-state index is -0.296. The van der Waals surface area contributed by atoms with Gasteiger partial charge in [-0.2, -0.15) is 0 Å². The Bertz CT molecular complexity index is 750. The fourth-order valence-electron chi connectivity index (χ4n) is 1.88. The Balaban J connectivity index is 1.70. The molecule has 0 radical (unpaired) electrons. The zero-order valence-electron chi connectivity index (χ0n) is 10.5. The first-order valence-electron chi connectivity index (χ1n) is 6.08. The first-order chi connectivity index (χ1) is 9.72. The van der Waals surface area contributed by atoms with E-state index in [1.54, 1.807) is 30.3 Å². The van der Waals surface area contributed by atoms with Crippen LogP contribution < -0.4 is 5.32 Å². The molecule has 100 valence electrons. The van der Waals surface area contributed by atoms with Crippen molar-refractivity contribution in [2.75, 3.05) is 0 Å². The van der Waals surface area contributed by atoms with E-state index >= 15 is 0 Å². The molecule has 1 amide bonds. The first-order valence-corrected chi connectivity index (χ1v) is 6.08. The largest absolute Gasteiger partial charge is 0.443 e. The van der Waals surface area contributed by atoms with Crippen molar-refractivity contribution in [2.24, 2.45) is 0 Å². The Morgan fingerprint density at radius 2 is 2.00 bits per heavy atom. The molecule has 0 aliphatic carbocycles. The monoisotopic (exact) mass is 270 g/mol. The van der Waals surface area contributed by atoms with Crippen LogP contribution in [0.5, 0.6) is 0 Å². The molecule has 0 spiro atoms. The van der Waals surface area contributed by atoms with Gasteiger partial charge in [-0.3, -0.25) is 4.79 Å². The van der Waals surface area contributed by atoms with E-state index in [2.05, 4.69) is 10.3 Å². The first kappa shape index (κ1) is 12.3. The summed E-state index contributed by atoms with van der Waals surface area (Å²) in [6, 6.07) is 11.0. The van der Waals surface area contributed by atoms with E-state index < -0.39 is 0 Å². The van der Waals surface area contributed by atoms with Crippen molar-refractivity contribution >= 4 is 17.0 Å². The minimum absolute atomic E-state index is 0.215. The average Bonchev–Trinajstić information content (AvgIpc) is 2.93. The van der Waals surface area contributed by atoms with Gasteiger partial charge in [-0.1, -0.05) is 12.1 Å². The van der Waals surface area contributed by atoms with E-state index in [4.69, 9.17) is 4.42 Å². The smallest absolute Gasteiger partial charge is 0.251 e. The van der Waals surface area contributed by atoms with E-state index in [0.29, 0.717) is 23.2 Å². The van der Waals surface area contributed by atoms with Crippen molar-refractivity contribution < 1.29 is 13.6 Å². The van der Waals surface area contributed by atoms with Crippen LogP contribution in [0.25, 0.3) is 11.1 Å². The number of rotatable bonds is 3. The fraction of sp³-hybridized carbons (Fsp3) is 0.0667. The highest BCUT2D eigenvalue weighted by Crippen LogP contribution is 2.14. The highest BCUT2D eigenvalue weighted by Gasteiger charge is 2.08. The number of amides is 1. The fourth-order valence-corrected chi connectivity index (χ4v) is 1.88. The molecule has 0 saturated carbocycles. The van der Waals surface area contributed by atoms with Gasteiger partial charge in [-0.05, 0) is 35.9 Å². The van der Waals surface area contributed by atoms with Gasteiger partial charge in [0.1, 0.15) is 11.3 Å². The number of hydrogen-bond donors (Lipinski definition) is 1. The van der Waals surface area contributed by atoms with Crippen molar-refractivity contribution in [3.05, 3.63) is 65.8 Å². The topological polar surface area (TPSA) is 55.1 Å². The third-order valence-electron chi connectivity index (χ3n) is 2.96. The number of nitrogens with zero attached hydrogens (tertiary/aromatic N) is 1. The van der Waals surface area contributed by atoms with Crippen LogP contribution in [0.2, 0.25) is 0 Å². The van der Waals surface area contributed by atoms with Crippen molar-refractivity contribution in [3.8, 4) is 0 Å². The molecule has 2 aromatic carbocycles. The van der Waals surface area contributed by atoms with Gasteiger partial charge in [0.15, 0.2) is 12.0 Å². The van der Waals surface area contributed by atoms with E-state index in [1.807, 2.05) is 0 Å². The van der Waals surface area contributed by atoms with E-state index in [1.165, 1.54) is 18.5 Å². The number of halogens is 1. The molecule has 4 nitrogen and oxygen atoms in total. The maximum absolute atomic E-state index is 12.8. The number of nitrogens with one attached hydrogen (secondary N) is 1. The SMILES string of the molecule is O=C(NCc1ccc(F)cc1)c1ccc2ncoc2c1. The van der Waals surface area contributed by atoms with Gasteiger partial charge in [-0.15, -0.1) is 0 Å². The van der Waals surface area contributed by atoms with Gasteiger partial charge in [-0.25, -0.2) is 9.37 Å². The van der Waals surface area contributed by atoms with Crippen molar-refractivity contribution in [2.45, 2.75) is 6.54 Å². The zero-order chi connectivity index (χ0) is 13.9. The van der Waals surface area contributed by atoms with Gasteiger partial charge in [0, 0.05) is 12.1 Å². The number of hydrogen-bond acceptors (Lipinski definition) is 3. The summed E-state index contributed by atoms with van der Waals surface area (Å²) < 4.78 is 17.9. The van der Waals surface area contributed by atoms with Gasteiger partial charge in [0.25, 0.3) is 5.91 Å². The lowest BCUT2D eigenvalue weighted by Crippen LogP contribution is -2.22. The van der Waals surface area contributed by atoms with Crippen LogP contribution in [-0.2, 0) is 6.54 Å². The third-order valence-corrected chi connectivity index (χ3v) is 2.96. The van der Waals surface area contributed by atoms with Crippen LogP contribution in [0, 0.1) is 5.82 Å². The summed E-state index contributed by atoms with van der Waals surface area (Å²) in [7, 11) is 0. The molecular weight excluding hydrogens is 259 g/mol. The quantitative estimate of drug-likeness (QED) is 0.796. The summed E-state index contributed by atoms with van der Waals surface area (Å²) in [6.07, 6.45) is 1.34. The Morgan fingerprint density at radius 3 is 2.80 bits per heavy atom. The Morgan fingerprint density at radius 1 is 1.20 bits per heavy atom. The van der Waals surface area contributed by atoms with E-state index in [-0.39, 0.29) is 11.7 Å². The lowest BCUT2D eigenvalue weighted by Gasteiger charge is -2.05. The maximum Gasteiger partial charge on any atom is 0.251 e. The normalized spacial score (nSPS) is 10.7. The maximum atomic E-state index is 12.8. The molecule has 1 heterocycles. The van der Waals surface area contributed by atoms with Crippen LogP contribution in [-0.4, -0.2) is 10.9 Å². The predicted octanol–water partition coefficient (Wildman–Crippen LogP) is 2.90. The number of fused-ring (bicyclic) bond motifs is 1. The van der Waals surface area contributed by atoms with Gasteiger partial charge in [0.05, 0.1) is 0 Å². The van der Waals surface area contributed by atoms with Gasteiger partial charge < -0.3 is 9.73 Å². The molecule has 0 bridgehead atoms. The molecule has 0 saturated heterocycles. The number of carbonyl (C=O) groups is 1. The number of carbonyl (C=O) groups excluding carboxylic acids is 1. The molecule has 0 atom stereocenters. The predicted molar refractivity (Wildman–Crippen MR) is 71.6 cm³/mol. The Kier molecular flexibility index (Phi) is 3.16. The molecule has 0 fully saturated rings. The highest BCUT2D eigenvalue weighted by atomic mass is 19.1. The number of oxazole rings is 1. The van der Waals surface area contributed by atoms with Crippen molar-refractivity contribution in [3.63, 3.8) is 0 Å². The van der Waals surface area contributed by atoms with Gasteiger partial charge in [0.2, 0.25) is 0 Å². The van der Waals surface area contributed by atoms with Crippen LogP contribution in [0.15, 0.2) is 53.3 Å². The summed E-state index contributed by atoms with van der Waals surface area (Å²) in [5.74, 6) is -0.511. The zero-order valence-corrected chi connectivity index (χ0v) is 10.5. The summed E-state index contributed by atoms with van der Waals surface area (Å²) >= 11 is 0. The van der Waals surface area contributed by atoms with Crippen molar-refractivity contribution in [1.82, 2.24) is 10.3 Å². The molecule has 3 aromatic rings. The number of benzene rings is 2.